The number of aliphatic hydroxyl groups excluding tert-OH is 1. The van der Waals surface area contributed by atoms with Gasteiger partial charge >= 0.3 is 11.9 Å². The van der Waals surface area contributed by atoms with Crippen molar-refractivity contribution >= 4 is 11.9 Å². The normalized spacial score (nSPS) is 37.9. The van der Waals surface area contributed by atoms with Crippen LogP contribution in [0.5, 0.6) is 0 Å². The summed E-state index contributed by atoms with van der Waals surface area (Å²) < 4.78 is 11.5. The summed E-state index contributed by atoms with van der Waals surface area (Å²) >= 11 is 0. The molecular weight excluding hydrogens is 368 g/mol. The highest BCUT2D eigenvalue weighted by Gasteiger charge is 2.42. The molecule has 0 radical (unpaired) electrons. The number of cyclic esters (lactones) is 1. The van der Waals surface area contributed by atoms with Crippen LogP contribution in [0.3, 0.4) is 0 Å². The highest BCUT2D eigenvalue weighted by Crippen LogP contribution is 2.45. The molecule has 0 aromatic heterocycles. The van der Waals surface area contributed by atoms with Crippen molar-refractivity contribution in [3.05, 3.63) is 23.8 Å². The average molecular weight is 405 g/mol. The number of hydrogen-bond donors (Lipinski definition) is 1. The molecule has 0 spiro atoms. The van der Waals surface area contributed by atoms with Gasteiger partial charge in [-0.05, 0) is 49.0 Å². The van der Waals surface area contributed by atoms with Gasteiger partial charge in [-0.25, -0.2) is 0 Å². The Morgan fingerprint density at radius 2 is 2.07 bits per heavy atom. The SMILES string of the molecule is CC[C@H](C)C(=O)OC1CC(C)C=C2C=CC(C)[C@H](CC[C@@H]3C[C@@H](O)CC(=O)O3)[C@H]21. The second kappa shape index (κ2) is 9.46. The molecule has 5 heteroatoms. The Morgan fingerprint density at radius 3 is 2.76 bits per heavy atom. The number of carbonyl (C=O) groups is 2. The molecule has 5 nitrogen and oxygen atoms in total. The smallest absolute Gasteiger partial charge is 0.308 e. The van der Waals surface area contributed by atoms with Crippen LogP contribution in [0.2, 0.25) is 0 Å². The second-order valence-electron chi connectivity index (χ2n) is 9.36. The molecule has 3 aliphatic rings. The molecular formula is C24H36O5. The number of esters is 2. The Labute approximate surface area is 174 Å². The zero-order valence-corrected chi connectivity index (χ0v) is 18.2. The average Bonchev–Trinajstić information content (AvgIpc) is 2.65. The summed E-state index contributed by atoms with van der Waals surface area (Å²) in [6.45, 7) is 8.33. The highest BCUT2D eigenvalue weighted by atomic mass is 16.5. The molecule has 0 aromatic carbocycles. The number of aliphatic hydroxyl groups is 1. The second-order valence-corrected chi connectivity index (χ2v) is 9.36. The van der Waals surface area contributed by atoms with Gasteiger partial charge in [0.2, 0.25) is 0 Å². The molecule has 8 atom stereocenters. The van der Waals surface area contributed by atoms with Crippen LogP contribution in [0.25, 0.3) is 0 Å². The lowest BCUT2D eigenvalue weighted by molar-refractivity contribution is -0.162. The summed E-state index contributed by atoms with van der Waals surface area (Å²) in [5, 5.41) is 9.89. The fourth-order valence-electron chi connectivity index (χ4n) is 5.07. The zero-order valence-electron chi connectivity index (χ0n) is 18.2. The summed E-state index contributed by atoms with van der Waals surface area (Å²) in [6.07, 6.45) is 9.70. The van der Waals surface area contributed by atoms with E-state index in [9.17, 15) is 14.7 Å². The van der Waals surface area contributed by atoms with E-state index in [2.05, 4.69) is 32.1 Å². The molecule has 3 rings (SSSR count). The summed E-state index contributed by atoms with van der Waals surface area (Å²) in [5.74, 6) is 0.755. The lowest BCUT2D eigenvalue weighted by atomic mass is 9.65. The molecule has 1 fully saturated rings. The first-order chi connectivity index (χ1) is 13.8. The molecule has 3 unspecified atom stereocenters. The number of carbonyl (C=O) groups excluding carboxylic acids is 2. The van der Waals surface area contributed by atoms with Crippen LogP contribution in [0, 0.1) is 29.6 Å². The molecule has 1 aliphatic heterocycles. The standard InChI is InChI=1S/C24H36O5/c1-5-15(3)24(27)29-21-11-14(2)10-17-7-6-16(4)20(23(17)21)9-8-19-12-18(25)13-22(26)28-19/h6-7,10,14-16,18-21,23,25H,5,8-9,11-13H2,1-4H3/t14?,15-,16?,18+,19+,20-,21?,23-/m0/s1. The predicted molar refractivity (Wildman–Crippen MR) is 111 cm³/mol. The van der Waals surface area contributed by atoms with Gasteiger partial charge in [0.1, 0.15) is 12.2 Å². The van der Waals surface area contributed by atoms with Crippen LogP contribution in [-0.4, -0.2) is 35.4 Å². The van der Waals surface area contributed by atoms with E-state index in [-0.39, 0.29) is 42.4 Å². The van der Waals surface area contributed by atoms with Crippen molar-refractivity contribution in [1.82, 2.24) is 0 Å². The van der Waals surface area contributed by atoms with Gasteiger partial charge in [0.25, 0.3) is 0 Å². The minimum absolute atomic E-state index is 0.0854. The first-order valence-electron chi connectivity index (χ1n) is 11.3. The number of rotatable bonds is 6. The van der Waals surface area contributed by atoms with E-state index < -0.39 is 6.10 Å². The molecule has 0 aromatic rings. The molecule has 1 saturated heterocycles. The quantitative estimate of drug-likeness (QED) is 0.672. The van der Waals surface area contributed by atoms with Crippen molar-refractivity contribution in [1.29, 1.82) is 0 Å². The van der Waals surface area contributed by atoms with Gasteiger partial charge in [0.05, 0.1) is 18.4 Å². The van der Waals surface area contributed by atoms with Gasteiger partial charge in [-0.15, -0.1) is 0 Å². The van der Waals surface area contributed by atoms with Crippen molar-refractivity contribution in [3.63, 3.8) is 0 Å². The monoisotopic (exact) mass is 404 g/mol. The molecule has 1 heterocycles. The number of allylic oxidation sites excluding steroid dienone is 3. The summed E-state index contributed by atoms with van der Waals surface area (Å²) in [7, 11) is 0. The third-order valence-electron chi connectivity index (χ3n) is 6.93. The molecule has 0 saturated carbocycles. The lowest BCUT2D eigenvalue weighted by Crippen LogP contribution is -2.42. The lowest BCUT2D eigenvalue weighted by Gasteiger charge is -2.43. The van der Waals surface area contributed by atoms with Crippen molar-refractivity contribution in [2.45, 2.75) is 84.5 Å². The maximum absolute atomic E-state index is 12.5. The van der Waals surface area contributed by atoms with Gasteiger partial charge in [-0.3, -0.25) is 9.59 Å². The van der Waals surface area contributed by atoms with Crippen LogP contribution in [0.4, 0.5) is 0 Å². The fraction of sp³-hybridized carbons (Fsp3) is 0.750. The number of fused-ring (bicyclic) bond motifs is 1. The summed E-state index contributed by atoms with van der Waals surface area (Å²) in [5.41, 5.74) is 1.27. The summed E-state index contributed by atoms with van der Waals surface area (Å²) in [4.78, 5) is 24.2. The number of hydrogen-bond acceptors (Lipinski definition) is 5. The van der Waals surface area contributed by atoms with Crippen LogP contribution >= 0.6 is 0 Å². The fourth-order valence-corrected chi connectivity index (χ4v) is 5.07. The molecule has 29 heavy (non-hydrogen) atoms. The maximum Gasteiger partial charge on any atom is 0.308 e. The van der Waals surface area contributed by atoms with Crippen LogP contribution in [0.15, 0.2) is 23.8 Å². The van der Waals surface area contributed by atoms with E-state index in [1.165, 1.54) is 5.57 Å². The molecule has 1 N–H and O–H groups in total. The third kappa shape index (κ3) is 5.30. The topological polar surface area (TPSA) is 72.8 Å². The molecule has 0 bridgehead atoms. The van der Waals surface area contributed by atoms with Gasteiger partial charge in [0.15, 0.2) is 0 Å². The van der Waals surface area contributed by atoms with Crippen molar-refractivity contribution in [3.8, 4) is 0 Å². The van der Waals surface area contributed by atoms with E-state index in [1.54, 1.807) is 0 Å². The van der Waals surface area contributed by atoms with E-state index in [0.717, 1.165) is 25.7 Å². The first kappa shape index (κ1) is 22.1. The van der Waals surface area contributed by atoms with Crippen molar-refractivity contribution in [2.24, 2.45) is 29.6 Å². The van der Waals surface area contributed by atoms with E-state index >= 15 is 0 Å². The zero-order chi connectivity index (χ0) is 21.1. The van der Waals surface area contributed by atoms with Crippen molar-refractivity contribution < 1.29 is 24.2 Å². The van der Waals surface area contributed by atoms with Gasteiger partial charge in [-0.2, -0.15) is 0 Å². The Balaban J connectivity index is 1.74. The maximum atomic E-state index is 12.5. The first-order valence-corrected chi connectivity index (χ1v) is 11.3. The van der Waals surface area contributed by atoms with Gasteiger partial charge in [-0.1, -0.05) is 45.9 Å². The van der Waals surface area contributed by atoms with E-state index in [1.807, 2.05) is 13.8 Å². The van der Waals surface area contributed by atoms with Gasteiger partial charge in [0, 0.05) is 12.3 Å². The Bertz CT molecular complexity index is 666. The minimum Gasteiger partial charge on any atom is -0.462 e. The van der Waals surface area contributed by atoms with Gasteiger partial charge < -0.3 is 14.6 Å². The van der Waals surface area contributed by atoms with Crippen LogP contribution < -0.4 is 0 Å². The highest BCUT2D eigenvalue weighted by molar-refractivity contribution is 5.72. The number of ether oxygens (including phenoxy) is 2. The summed E-state index contributed by atoms with van der Waals surface area (Å²) in [6, 6.07) is 0. The van der Waals surface area contributed by atoms with Crippen LogP contribution in [-0.2, 0) is 19.1 Å². The largest absolute Gasteiger partial charge is 0.462 e. The van der Waals surface area contributed by atoms with E-state index in [4.69, 9.17) is 9.47 Å². The molecule has 2 aliphatic carbocycles. The van der Waals surface area contributed by atoms with Crippen molar-refractivity contribution in [2.75, 3.05) is 0 Å². The minimum atomic E-state index is -0.597. The Kier molecular flexibility index (Phi) is 7.20. The Hall–Kier alpha value is -1.62. The Morgan fingerprint density at radius 1 is 1.31 bits per heavy atom. The van der Waals surface area contributed by atoms with E-state index in [0.29, 0.717) is 24.2 Å². The predicted octanol–water partition coefficient (Wildman–Crippen LogP) is 4.20. The van der Waals surface area contributed by atoms with Crippen LogP contribution in [0.1, 0.15) is 66.2 Å². The molecule has 162 valence electrons. The third-order valence-corrected chi connectivity index (χ3v) is 6.93. The molecule has 0 amide bonds.